The van der Waals surface area contributed by atoms with Gasteiger partial charge in [-0.15, -0.1) is 25.3 Å². The lowest BCUT2D eigenvalue weighted by atomic mass is 10.4. The average Bonchev–Trinajstić information content (AvgIpc) is 1.69. The summed E-state index contributed by atoms with van der Waals surface area (Å²) in [5.41, 5.74) is 5.15. The number of allylic oxidation sites excluding steroid dienone is 2. The summed E-state index contributed by atoms with van der Waals surface area (Å²) in [6.07, 6.45) is 5.15. The van der Waals surface area contributed by atoms with Gasteiger partial charge in [0.1, 0.15) is 0 Å². The zero-order valence-electron chi connectivity index (χ0n) is 4.15. The molecular weight excluding hydrogens is 84.1 g/mol. The third-order valence-electron chi connectivity index (χ3n) is 0.428. The van der Waals surface area contributed by atoms with Gasteiger partial charge in [-0.25, -0.2) is 0 Å². The molecule has 0 heterocycles. The fraction of sp³-hybridized carbons (Fsp3) is 0. The maximum atomic E-state index is 3.35. The van der Waals surface area contributed by atoms with Gasteiger partial charge in [-0.2, -0.15) is 6.42 Å². The van der Waals surface area contributed by atoms with Crippen molar-refractivity contribution in [3.05, 3.63) is 43.2 Å². The summed E-state index contributed by atoms with van der Waals surface area (Å²) in [4.78, 5) is 0. The molecule has 0 rings (SSSR count). The van der Waals surface area contributed by atoms with E-state index in [-0.39, 0.29) is 0 Å². The minimum Gasteiger partial charge on any atom is -0.279 e. The number of rotatable bonds is 2. The first-order chi connectivity index (χ1) is 3.41. The number of hydrogen-bond acceptors (Lipinski definition) is 0. The highest BCUT2D eigenvalue weighted by Crippen LogP contribution is 1.75. The van der Waals surface area contributed by atoms with Gasteiger partial charge in [0, 0.05) is 0 Å². The van der Waals surface area contributed by atoms with Gasteiger partial charge in [0.05, 0.1) is 0 Å². The van der Waals surface area contributed by atoms with Crippen molar-refractivity contribution in [1.29, 1.82) is 0 Å². The molecule has 0 aromatic carbocycles. The van der Waals surface area contributed by atoms with Gasteiger partial charge in [-0.1, -0.05) is 0 Å². The molecule has 0 saturated heterocycles. The topological polar surface area (TPSA) is 0 Å². The molecule has 0 heteroatoms. The number of hydrogen-bond donors (Lipinski definition) is 0. The van der Waals surface area contributed by atoms with Crippen LogP contribution in [0.2, 0.25) is 0 Å². The third kappa shape index (κ3) is 4.91. The molecule has 0 nitrogen and oxygen atoms in total. The van der Waals surface area contributed by atoms with Crippen LogP contribution < -0.4 is 0 Å². The van der Waals surface area contributed by atoms with Crippen molar-refractivity contribution in [3.63, 3.8) is 0 Å². The van der Waals surface area contributed by atoms with Crippen LogP contribution >= 0.6 is 0 Å². The molecule has 0 fully saturated rings. The second kappa shape index (κ2) is 4.91. The Kier molecular flexibility index (Phi) is 4.15. The maximum Gasteiger partial charge on any atom is -0.124 e. The molecule has 0 unspecified atom stereocenters. The highest BCUT2D eigenvalue weighted by molar-refractivity contribution is 5.04. The molecule has 0 atom stereocenters. The van der Waals surface area contributed by atoms with Crippen molar-refractivity contribution in [1.82, 2.24) is 0 Å². The van der Waals surface area contributed by atoms with Crippen LogP contribution in [0.1, 0.15) is 0 Å². The lowest BCUT2D eigenvalue weighted by Gasteiger charge is -1.78. The third-order valence-corrected chi connectivity index (χ3v) is 0.428. The van der Waals surface area contributed by atoms with Gasteiger partial charge in [-0.3, -0.25) is 11.5 Å². The van der Waals surface area contributed by atoms with E-state index in [1.54, 1.807) is 18.6 Å². The summed E-state index contributed by atoms with van der Waals surface area (Å²) in [5, 5.41) is 0. The summed E-state index contributed by atoms with van der Waals surface area (Å²) in [6, 6.07) is 0. The summed E-state index contributed by atoms with van der Waals surface area (Å²) in [7, 11) is 0. The van der Waals surface area contributed by atoms with Gasteiger partial charge < -0.3 is 0 Å². The van der Waals surface area contributed by atoms with E-state index in [0.717, 1.165) is 0 Å². The van der Waals surface area contributed by atoms with Crippen LogP contribution in [0, 0.1) is 6.42 Å². The van der Waals surface area contributed by atoms with Crippen LogP contribution in [0.15, 0.2) is 36.8 Å². The molecular formula is C7H7-. The molecule has 0 aromatic rings. The highest BCUT2D eigenvalue weighted by Gasteiger charge is 1.46. The maximum absolute atomic E-state index is 3.35. The summed E-state index contributed by atoms with van der Waals surface area (Å²) in [5.74, 6) is 0. The van der Waals surface area contributed by atoms with E-state index in [1.807, 2.05) is 0 Å². The van der Waals surface area contributed by atoms with Crippen LogP contribution in [0.25, 0.3) is 0 Å². The van der Waals surface area contributed by atoms with E-state index in [9.17, 15) is 0 Å². The smallest absolute Gasteiger partial charge is 0.124 e. The van der Waals surface area contributed by atoms with E-state index in [4.69, 9.17) is 0 Å². The molecule has 0 bridgehead atoms. The minimum absolute atomic E-state index is 1.69. The summed E-state index contributed by atoms with van der Waals surface area (Å²) < 4.78 is 0. The average molecular weight is 91.1 g/mol. The fourth-order valence-electron chi connectivity index (χ4n) is 0.184. The highest BCUT2D eigenvalue weighted by atomic mass is 13.6. The van der Waals surface area contributed by atoms with Crippen LogP contribution in [0.4, 0.5) is 0 Å². The predicted molar refractivity (Wildman–Crippen MR) is 31.7 cm³/mol. The van der Waals surface area contributed by atoms with Crippen molar-refractivity contribution in [2.24, 2.45) is 0 Å². The van der Waals surface area contributed by atoms with E-state index in [1.165, 1.54) is 0 Å². The standard InChI is InChI=1S/C7H7/c1-3-5-7-6-4-2/h5-7H,1-2H2/q-1. The Balaban J connectivity index is 3.33. The Morgan fingerprint density at radius 1 is 1.14 bits per heavy atom. The lowest BCUT2D eigenvalue weighted by molar-refractivity contribution is 1.79. The van der Waals surface area contributed by atoms with E-state index in [2.05, 4.69) is 24.6 Å². The Morgan fingerprint density at radius 2 is 1.57 bits per heavy atom. The van der Waals surface area contributed by atoms with Crippen molar-refractivity contribution in [2.75, 3.05) is 0 Å². The second-order valence-corrected chi connectivity index (χ2v) is 0.934. The molecule has 0 aliphatic heterocycles. The SMILES string of the molecule is C=C=C[CH-]C=C=C. The van der Waals surface area contributed by atoms with E-state index >= 15 is 0 Å². The molecule has 0 spiro atoms. The Labute approximate surface area is 44.2 Å². The first kappa shape index (κ1) is 5.91. The van der Waals surface area contributed by atoms with Gasteiger partial charge in [0.25, 0.3) is 0 Å². The zero-order valence-corrected chi connectivity index (χ0v) is 4.15. The molecule has 0 N–H and O–H groups in total. The molecule has 0 aliphatic rings. The van der Waals surface area contributed by atoms with Crippen LogP contribution in [-0.2, 0) is 0 Å². The lowest BCUT2D eigenvalue weighted by Crippen LogP contribution is -1.49. The zero-order chi connectivity index (χ0) is 5.54. The van der Waals surface area contributed by atoms with Crippen molar-refractivity contribution in [3.8, 4) is 0 Å². The predicted octanol–water partition coefficient (Wildman–Crippen LogP) is 1.87. The van der Waals surface area contributed by atoms with Crippen molar-refractivity contribution in [2.45, 2.75) is 0 Å². The van der Waals surface area contributed by atoms with Crippen molar-refractivity contribution >= 4 is 0 Å². The molecule has 0 saturated carbocycles. The fourth-order valence-corrected chi connectivity index (χ4v) is 0.184. The normalized spacial score (nSPS) is 5.14. The quantitative estimate of drug-likeness (QED) is 0.359. The van der Waals surface area contributed by atoms with E-state index < -0.39 is 0 Å². The molecule has 0 amide bonds. The first-order valence-corrected chi connectivity index (χ1v) is 1.95. The molecule has 36 valence electrons. The van der Waals surface area contributed by atoms with E-state index in [0.29, 0.717) is 0 Å². The van der Waals surface area contributed by atoms with Gasteiger partial charge >= 0.3 is 0 Å². The van der Waals surface area contributed by atoms with Crippen molar-refractivity contribution < 1.29 is 0 Å². The molecule has 0 aromatic heterocycles. The van der Waals surface area contributed by atoms with Crippen LogP contribution in [0.5, 0.6) is 0 Å². The Bertz CT molecular complexity index is 103. The molecule has 0 aliphatic carbocycles. The van der Waals surface area contributed by atoms with Gasteiger partial charge in [0.2, 0.25) is 0 Å². The second-order valence-electron chi connectivity index (χ2n) is 0.934. The monoisotopic (exact) mass is 91.1 g/mol. The first-order valence-electron chi connectivity index (χ1n) is 1.95. The minimum atomic E-state index is 1.69. The largest absolute Gasteiger partial charge is 0.279 e. The molecule has 0 radical (unpaired) electrons. The summed E-state index contributed by atoms with van der Waals surface area (Å²) in [6.45, 7) is 6.70. The molecule has 7 heavy (non-hydrogen) atoms. The Morgan fingerprint density at radius 3 is 1.86 bits per heavy atom. The summed E-state index contributed by atoms with van der Waals surface area (Å²) >= 11 is 0. The van der Waals surface area contributed by atoms with Gasteiger partial charge in [0.15, 0.2) is 0 Å². The van der Waals surface area contributed by atoms with Crippen LogP contribution in [-0.4, -0.2) is 0 Å². The van der Waals surface area contributed by atoms with Gasteiger partial charge in [-0.05, 0) is 0 Å². The van der Waals surface area contributed by atoms with Crippen LogP contribution in [0.3, 0.4) is 0 Å². The Hall–Kier alpha value is -1.09.